The van der Waals surface area contributed by atoms with Gasteiger partial charge in [0.05, 0.1) is 7.11 Å². The van der Waals surface area contributed by atoms with Crippen LogP contribution in [-0.4, -0.2) is 53.6 Å². The van der Waals surface area contributed by atoms with Gasteiger partial charge in [0.2, 0.25) is 5.88 Å². The minimum absolute atomic E-state index is 0.00684. The van der Waals surface area contributed by atoms with Crippen molar-refractivity contribution < 1.29 is 18.7 Å². The van der Waals surface area contributed by atoms with Crippen LogP contribution in [0.25, 0.3) is 0 Å². The van der Waals surface area contributed by atoms with E-state index in [1.165, 1.54) is 18.5 Å². The molecule has 0 bridgehead atoms. The molecule has 2 heterocycles. The van der Waals surface area contributed by atoms with Gasteiger partial charge in [-0.15, -0.1) is 0 Å². The lowest BCUT2D eigenvalue weighted by Crippen LogP contribution is -2.54. The van der Waals surface area contributed by atoms with Crippen LogP contribution in [0.2, 0.25) is 0 Å². The lowest BCUT2D eigenvalue weighted by molar-refractivity contribution is 0.0673. The molecular formula is C23H23FN4O3. The Balaban J connectivity index is 1.43. The summed E-state index contributed by atoms with van der Waals surface area (Å²) in [6, 6.07) is 14.7. The van der Waals surface area contributed by atoms with Gasteiger partial charge in [-0.2, -0.15) is 0 Å². The van der Waals surface area contributed by atoms with Crippen LogP contribution in [0.15, 0.2) is 60.9 Å². The summed E-state index contributed by atoms with van der Waals surface area (Å²) in [6.45, 7) is 3.83. The number of methoxy groups -OCH3 is 1. The van der Waals surface area contributed by atoms with E-state index in [1.807, 2.05) is 11.8 Å². The molecule has 3 aromatic rings. The predicted molar refractivity (Wildman–Crippen MR) is 114 cm³/mol. The second kappa shape index (κ2) is 8.99. The van der Waals surface area contributed by atoms with Crippen molar-refractivity contribution in [1.29, 1.82) is 0 Å². The highest BCUT2D eigenvalue weighted by Gasteiger charge is 2.29. The average molecular weight is 422 g/mol. The maximum Gasteiger partial charge on any atom is 0.254 e. The minimum atomic E-state index is -0.377. The first-order valence-electron chi connectivity index (χ1n) is 9.99. The van der Waals surface area contributed by atoms with Crippen molar-refractivity contribution in [3.05, 3.63) is 72.3 Å². The summed E-state index contributed by atoms with van der Waals surface area (Å²) in [5.74, 6) is 1.73. The quantitative estimate of drug-likeness (QED) is 0.624. The smallest absolute Gasteiger partial charge is 0.254 e. The van der Waals surface area contributed by atoms with Gasteiger partial charge in [0.15, 0.2) is 0 Å². The first-order valence-corrected chi connectivity index (χ1v) is 9.99. The second-order valence-corrected chi connectivity index (χ2v) is 7.30. The molecule has 0 radical (unpaired) electrons. The summed E-state index contributed by atoms with van der Waals surface area (Å²) >= 11 is 0. The molecule has 1 atom stereocenters. The number of carbonyl (C=O) groups excluding carboxylic acids is 1. The molecule has 1 saturated heterocycles. The zero-order valence-electron chi connectivity index (χ0n) is 17.4. The van der Waals surface area contributed by atoms with Crippen molar-refractivity contribution >= 4 is 11.7 Å². The standard InChI is InChI=1S/C23H23FN4O3/c1-16-14-27(10-11-28(16)23(29)17-6-8-19(30-2)9-7-17)21-13-22(26-15-25-21)31-20-5-3-4-18(24)12-20/h3-9,12-13,15-16H,10-11,14H2,1-2H3. The minimum Gasteiger partial charge on any atom is -0.497 e. The van der Waals surface area contributed by atoms with Gasteiger partial charge < -0.3 is 19.3 Å². The topological polar surface area (TPSA) is 67.8 Å². The lowest BCUT2D eigenvalue weighted by atomic mass is 10.1. The number of halogens is 1. The van der Waals surface area contributed by atoms with Crippen LogP contribution in [0.5, 0.6) is 17.4 Å². The van der Waals surface area contributed by atoms with Crippen LogP contribution in [0, 0.1) is 5.82 Å². The molecule has 1 aromatic heterocycles. The Labute approximate surface area is 180 Å². The van der Waals surface area contributed by atoms with Gasteiger partial charge >= 0.3 is 0 Å². The maximum absolute atomic E-state index is 13.4. The molecular weight excluding hydrogens is 399 g/mol. The van der Waals surface area contributed by atoms with Gasteiger partial charge in [-0.05, 0) is 43.3 Å². The highest BCUT2D eigenvalue weighted by Crippen LogP contribution is 2.25. The molecule has 0 spiro atoms. The van der Waals surface area contributed by atoms with Crippen molar-refractivity contribution in [3.63, 3.8) is 0 Å². The first kappa shape index (κ1) is 20.6. The van der Waals surface area contributed by atoms with Gasteiger partial charge in [-0.3, -0.25) is 4.79 Å². The van der Waals surface area contributed by atoms with Gasteiger partial charge in [-0.25, -0.2) is 14.4 Å². The Hall–Kier alpha value is -3.68. The normalized spacial score (nSPS) is 16.2. The van der Waals surface area contributed by atoms with E-state index in [0.717, 1.165) is 5.75 Å². The Kier molecular flexibility index (Phi) is 5.97. The number of aromatic nitrogens is 2. The Morgan fingerprint density at radius 2 is 1.87 bits per heavy atom. The zero-order chi connectivity index (χ0) is 21.8. The van der Waals surface area contributed by atoms with E-state index in [-0.39, 0.29) is 17.8 Å². The van der Waals surface area contributed by atoms with E-state index >= 15 is 0 Å². The molecule has 7 nitrogen and oxygen atoms in total. The zero-order valence-corrected chi connectivity index (χ0v) is 17.4. The average Bonchev–Trinajstić information content (AvgIpc) is 2.79. The van der Waals surface area contributed by atoms with E-state index in [0.29, 0.717) is 42.6 Å². The number of hydrogen-bond donors (Lipinski definition) is 0. The number of hydrogen-bond acceptors (Lipinski definition) is 6. The summed E-state index contributed by atoms with van der Waals surface area (Å²) in [5.41, 5.74) is 0.633. The monoisotopic (exact) mass is 422 g/mol. The van der Waals surface area contributed by atoms with Crippen LogP contribution in [-0.2, 0) is 0 Å². The van der Waals surface area contributed by atoms with Gasteiger partial charge in [0, 0.05) is 43.4 Å². The number of rotatable bonds is 5. The lowest BCUT2D eigenvalue weighted by Gasteiger charge is -2.40. The molecule has 0 aliphatic carbocycles. The van der Waals surface area contributed by atoms with E-state index in [2.05, 4.69) is 14.9 Å². The van der Waals surface area contributed by atoms with Crippen LogP contribution in [0.4, 0.5) is 10.2 Å². The summed E-state index contributed by atoms with van der Waals surface area (Å²) in [6.07, 6.45) is 1.42. The van der Waals surface area contributed by atoms with Crippen molar-refractivity contribution in [2.75, 3.05) is 31.6 Å². The van der Waals surface area contributed by atoms with Crippen molar-refractivity contribution in [2.45, 2.75) is 13.0 Å². The third kappa shape index (κ3) is 4.74. The fraction of sp³-hybridized carbons (Fsp3) is 0.261. The van der Waals surface area contributed by atoms with Crippen molar-refractivity contribution in [2.24, 2.45) is 0 Å². The number of anilines is 1. The Morgan fingerprint density at radius 3 is 2.58 bits per heavy atom. The van der Waals surface area contributed by atoms with E-state index in [1.54, 1.807) is 49.6 Å². The fourth-order valence-corrected chi connectivity index (χ4v) is 3.58. The van der Waals surface area contributed by atoms with Gasteiger partial charge in [0.25, 0.3) is 5.91 Å². The number of carbonyl (C=O) groups is 1. The van der Waals surface area contributed by atoms with E-state index in [4.69, 9.17) is 9.47 Å². The van der Waals surface area contributed by atoms with E-state index < -0.39 is 0 Å². The molecule has 1 fully saturated rings. The molecule has 8 heteroatoms. The Morgan fingerprint density at radius 1 is 1.06 bits per heavy atom. The van der Waals surface area contributed by atoms with E-state index in [9.17, 15) is 9.18 Å². The van der Waals surface area contributed by atoms with Crippen LogP contribution < -0.4 is 14.4 Å². The Bertz CT molecular complexity index is 1060. The third-order valence-corrected chi connectivity index (χ3v) is 5.20. The molecule has 4 rings (SSSR count). The van der Waals surface area contributed by atoms with Crippen molar-refractivity contribution in [1.82, 2.24) is 14.9 Å². The maximum atomic E-state index is 13.4. The molecule has 0 saturated carbocycles. The summed E-state index contributed by atoms with van der Waals surface area (Å²) in [7, 11) is 1.60. The molecule has 160 valence electrons. The number of ether oxygens (including phenoxy) is 2. The van der Waals surface area contributed by atoms with Gasteiger partial charge in [0.1, 0.15) is 29.5 Å². The molecule has 2 aromatic carbocycles. The predicted octanol–water partition coefficient (Wildman–Crippen LogP) is 3.77. The van der Waals surface area contributed by atoms with Gasteiger partial charge in [-0.1, -0.05) is 6.07 Å². The summed E-state index contributed by atoms with van der Waals surface area (Å²) < 4.78 is 24.2. The number of piperazine rings is 1. The first-order chi connectivity index (χ1) is 15.0. The van der Waals surface area contributed by atoms with Crippen LogP contribution in [0.1, 0.15) is 17.3 Å². The number of benzene rings is 2. The molecule has 1 amide bonds. The SMILES string of the molecule is COc1ccc(C(=O)N2CCN(c3cc(Oc4cccc(F)c4)ncn3)CC2C)cc1. The number of amides is 1. The van der Waals surface area contributed by atoms with Crippen LogP contribution >= 0.6 is 0 Å². The summed E-state index contributed by atoms with van der Waals surface area (Å²) in [4.78, 5) is 25.3. The molecule has 1 aliphatic heterocycles. The third-order valence-electron chi connectivity index (χ3n) is 5.20. The van der Waals surface area contributed by atoms with Crippen LogP contribution in [0.3, 0.4) is 0 Å². The molecule has 31 heavy (non-hydrogen) atoms. The highest BCUT2D eigenvalue weighted by molar-refractivity contribution is 5.94. The highest BCUT2D eigenvalue weighted by atomic mass is 19.1. The largest absolute Gasteiger partial charge is 0.497 e. The summed E-state index contributed by atoms with van der Waals surface area (Å²) in [5, 5.41) is 0. The molecule has 1 unspecified atom stereocenters. The fourth-order valence-electron chi connectivity index (χ4n) is 3.58. The van der Waals surface area contributed by atoms with Crippen molar-refractivity contribution in [3.8, 4) is 17.4 Å². The second-order valence-electron chi connectivity index (χ2n) is 7.30. The molecule has 0 N–H and O–H groups in total. The molecule has 1 aliphatic rings. The number of nitrogens with zero attached hydrogens (tertiary/aromatic N) is 4.